The summed E-state index contributed by atoms with van der Waals surface area (Å²) >= 11 is 2.91. The summed E-state index contributed by atoms with van der Waals surface area (Å²) in [5.74, 6) is -0.115. The number of para-hydroxylation sites is 1. The zero-order valence-electron chi connectivity index (χ0n) is 17.3. The van der Waals surface area contributed by atoms with E-state index < -0.39 is 17.6 Å². The maximum Gasteiger partial charge on any atom is 0.419 e. The fourth-order valence-electron chi connectivity index (χ4n) is 3.11. The maximum atomic E-state index is 13.1. The molecule has 3 heterocycles. The number of alkyl halides is 3. The van der Waals surface area contributed by atoms with Crippen molar-refractivity contribution < 1.29 is 22.4 Å². The number of rotatable bonds is 8. The molecule has 2 N–H and O–H groups in total. The van der Waals surface area contributed by atoms with Crippen molar-refractivity contribution in [3.8, 4) is 0 Å². The van der Waals surface area contributed by atoms with Gasteiger partial charge in [-0.1, -0.05) is 41.3 Å². The second kappa shape index (κ2) is 9.79. The van der Waals surface area contributed by atoms with Gasteiger partial charge in [0.15, 0.2) is 10.1 Å². The molecule has 0 radical (unpaired) electrons. The number of pyridine rings is 1. The number of fused-ring (bicyclic) bond motifs is 1. The first kappa shape index (κ1) is 23.1. The molecule has 172 valence electrons. The Morgan fingerprint density at radius 3 is 2.73 bits per heavy atom. The quantitative estimate of drug-likeness (QED) is 0.259. The summed E-state index contributed by atoms with van der Waals surface area (Å²) in [5.41, 5.74) is 0.436. The Bertz CT molecular complexity index is 1270. The molecule has 0 aliphatic rings. The number of anilines is 1. The molecular weight excluding hydrogens is 475 g/mol. The molecule has 4 aromatic rings. The van der Waals surface area contributed by atoms with Crippen LogP contribution in [0.3, 0.4) is 0 Å². The average Bonchev–Trinajstić information content (AvgIpc) is 3.38. The first-order valence-electron chi connectivity index (χ1n) is 9.80. The van der Waals surface area contributed by atoms with E-state index in [0.717, 1.165) is 26.4 Å². The minimum Gasteiger partial charge on any atom is -0.451 e. The number of benzene rings is 1. The lowest BCUT2D eigenvalue weighted by Gasteiger charge is -2.13. The van der Waals surface area contributed by atoms with Gasteiger partial charge in [0, 0.05) is 36.0 Å². The fourth-order valence-corrected chi connectivity index (χ4v) is 4.95. The highest BCUT2D eigenvalue weighted by Crippen LogP contribution is 2.34. The fraction of sp³-hybridized carbons (Fsp3) is 0.238. The molecule has 0 spiro atoms. The number of nitrogens with one attached hydrogen (secondary N) is 2. The van der Waals surface area contributed by atoms with Crippen LogP contribution in [0.4, 0.5) is 19.0 Å². The highest BCUT2D eigenvalue weighted by Gasteiger charge is 2.34. The maximum absolute atomic E-state index is 13.1. The van der Waals surface area contributed by atoms with Crippen molar-refractivity contribution in [2.45, 2.75) is 23.2 Å². The van der Waals surface area contributed by atoms with E-state index in [1.807, 2.05) is 25.1 Å². The van der Waals surface area contributed by atoms with Crippen molar-refractivity contribution >= 4 is 45.8 Å². The Balaban J connectivity index is 1.43. The summed E-state index contributed by atoms with van der Waals surface area (Å²) in [7, 11) is 0. The van der Waals surface area contributed by atoms with Gasteiger partial charge in [-0.2, -0.15) is 13.2 Å². The van der Waals surface area contributed by atoms with Crippen molar-refractivity contribution in [1.82, 2.24) is 20.5 Å². The van der Waals surface area contributed by atoms with Crippen LogP contribution in [0, 0.1) is 6.92 Å². The molecule has 0 unspecified atom stereocenters. The molecule has 0 aliphatic carbocycles. The van der Waals surface area contributed by atoms with Gasteiger partial charge >= 0.3 is 6.18 Å². The zero-order valence-corrected chi connectivity index (χ0v) is 18.9. The Kier molecular flexibility index (Phi) is 6.84. The predicted molar refractivity (Wildman–Crippen MR) is 120 cm³/mol. The van der Waals surface area contributed by atoms with Crippen LogP contribution in [0.15, 0.2) is 51.4 Å². The number of thioether (sulfide) groups is 1. The summed E-state index contributed by atoms with van der Waals surface area (Å²) < 4.78 is 45.8. The Morgan fingerprint density at radius 2 is 1.97 bits per heavy atom. The highest BCUT2D eigenvalue weighted by molar-refractivity contribution is 8.00. The topological polar surface area (TPSA) is 92.9 Å². The van der Waals surface area contributed by atoms with Crippen LogP contribution >= 0.6 is 23.1 Å². The number of amides is 1. The third kappa shape index (κ3) is 5.45. The second-order valence-corrected chi connectivity index (χ2v) is 9.27. The van der Waals surface area contributed by atoms with Gasteiger partial charge in [0.2, 0.25) is 0 Å². The van der Waals surface area contributed by atoms with Crippen LogP contribution in [-0.2, 0) is 11.9 Å². The number of hydrogen-bond donors (Lipinski definition) is 2. The number of furan rings is 1. The van der Waals surface area contributed by atoms with E-state index >= 15 is 0 Å². The van der Waals surface area contributed by atoms with Gasteiger partial charge in [0.1, 0.15) is 16.4 Å². The van der Waals surface area contributed by atoms with E-state index in [4.69, 9.17) is 4.42 Å². The van der Waals surface area contributed by atoms with Gasteiger partial charge in [-0.05, 0) is 25.1 Å². The SMILES string of the molecule is Cc1nnc(SCc2c(C(=O)NCCNc3ncccc3C(F)(F)F)oc3ccccc23)s1. The highest BCUT2D eigenvalue weighted by atomic mass is 32.2. The van der Waals surface area contributed by atoms with Crippen molar-refractivity contribution in [3.05, 3.63) is 64.5 Å². The molecule has 12 heteroatoms. The first-order valence-corrected chi connectivity index (χ1v) is 11.6. The monoisotopic (exact) mass is 493 g/mol. The number of hydrogen-bond acceptors (Lipinski definition) is 8. The van der Waals surface area contributed by atoms with Crippen LogP contribution < -0.4 is 10.6 Å². The number of aromatic nitrogens is 3. The largest absolute Gasteiger partial charge is 0.451 e. The van der Waals surface area contributed by atoms with Gasteiger partial charge in [0.25, 0.3) is 5.91 Å². The summed E-state index contributed by atoms with van der Waals surface area (Å²) in [4.78, 5) is 16.6. The molecular formula is C21H18F3N5O2S2. The molecule has 0 saturated heterocycles. The van der Waals surface area contributed by atoms with Gasteiger partial charge in [-0.25, -0.2) is 4.98 Å². The second-order valence-electron chi connectivity index (χ2n) is 6.86. The van der Waals surface area contributed by atoms with Gasteiger partial charge < -0.3 is 15.1 Å². The minimum atomic E-state index is -4.52. The van der Waals surface area contributed by atoms with Crippen LogP contribution in [0.2, 0.25) is 0 Å². The number of nitrogens with zero attached hydrogens (tertiary/aromatic N) is 3. The van der Waals surface area contributed by atoms with Crippen molar-refractivity contribution in [3.63, 3.8) is 0 Å². The van der Waals surface area contributed by atoms with E-state index in [0.29, 0.717) is 11.3 Å². The Hall–Kier alpha value is -3.12. The van der Waals surface area contributed by atoms with Gasteiger partial charge in [-0.15, -0.1) is 10.2 Å². The van der Waals surface area contributed by atoms with Gasteiger partial charge in [-0.3, -0.25) is 4.79 Å². The van der Waals surface area contributed by atoms with E-state index in [1.165, 1.54) is 35.4 Å². The lowest BCUT2D eigenvalue weighted by molar-refractivity contribution is -0.137. The molecule has 1 aromatic carbocycles. The van der Waals surface area contributed by atoms with E-state index in [1.54, 1.807) is 6.07 Å². The Labute approximate surface area is 194 Å². The third-order valence-corrected chi connectivity index (χ3v) is 6.57. The molecule has 0 aliphatic heterocycles. The molecule has 3 aromatic heterocycles. The summed E-state index contributed by atoms with van der Waals surface area (Å²) in [6.45, 7) is 2.00. The zero-order chi connectivity index (χ0) is 23.4. The Morgan fingerprint density at radius 1 is 1.15 bits per heavy atom. The third-order valence-electron chi connectivity index (χ3n) is 4.57. The first-order chi connectivity index (χ1) is 15.8. The normalized spacial score (nSPS) is 11.6. The lowest BCUT2D eigenvalue weighted by Crippen LogP contribution is -2.29. The number of carbonyl (C=O) groups is 1. The van der Waals surface area contributed by atoms with E-state index in [-0.39, 0.29) is 24.7 Å². The van der Waals surface area contributed by atoms with Crippen molar-refractivity contribution in [2.75, 3.05) is 18.4 Å². The molecule has 0 fully saturated rings. The van der Waals surface area contributed by atoms with E-state index in [9.17, 15) is 18.0 Å². The molecule has 0 bridgehead atoms. The molecule has 0 atom stereocenters. The molecule has 33 heavy (non-hydrogen) atoms. The minimum absolute atomic E-state index is 0.0558. The number of halogens is 3. The van der Waals surface area contributed by atoms with Crippen LogP contribution in [-0.4, -0.2) is 34.2 Å². The van der Waals surface area contributed by atoms with Gasteiger partial charge in [0.05, 0.1) is 5.56 Å². The lowest BCUT2D eigenvalue weighted by atomic mass is 10.1. The average molecular weight is 494 g/mol. The molecule has 0 saturated carbocycles. The van der Waals surface area contributed by atoms with E-state index in [2.05, 4.69) is 25.8 Å². The predicted octanol–water partition coefficient (Wildman–Crippen LogP) is 5.14. The number of aryl methyl sites for hydroxylation is 1. The van der Waals surface area contributed by atoms with Crippen molar-refractivity contribution in [1.29, 1.82) is 0 Å². The summed E-state index contributed by atoms with van der Waals surface area (Å²) in [6.07, 6.45) is -3.25. The van der Waals surface area contributed by atoms with Crippen LogP contribution in [0.1, 0.15) is 26.7 Å². The standard InChI is InChI=1S/C21H18F3N5O2S2/c1-12-28-29-20(33-12)32-11-14-13-5-2-3-7-16(13)31-17(14)19(30)27-10-9-26-18-15(21(22,23)24)6-4-8-25-18/h2-8H,9-11H2,1H3,(H,25,26)(H,27,30). The summed E-state index contributed by atoms with van der Waals surface area (Å²) in [6, 6.07) is 9.49. The smallest absolute Gasteiger partial charge is 0.419 e. The van der Waals surface area contributed by atoms with Crippen LogP contribution in [0.5, 0.6) is 0 Å². The summed E-state index contributed by atoms with van der Waals surface area (Å²) in [5, 5.41) is 15.1. The molecule has 7 nitrogen and oxygen atoms in total. The van der Waals surface area contributed by atoms with Crippen molar-refractivity contribution in [2.24, 2.45) is 0 Å². The van der Waals surface area contributed by atoms with Crippen LogP contribution in [0.25, 0.3) is 11.0 Å². The molecule has 4 rings (SSSR count). The molecule has 1 amide bonds. The number of carbonyl (C=O) groups excluding carboxylic acids is 1.